The SMILES string of the molecule is NC(=O)c1ccccc1OCc1cnc(Cl)s1. The van der Waals surface area contributed by atoms with Crippen LogP contribution in [0.25, 0.3) is 0 Å². The maximum atomic E-state index is 11.1. The Hall–Kier alpha value is -1.59. The summed E-state index contributed by atoms with van der Waals surface area (Å²) in [6.45, 7) is 0.314. The Morgan fingerprint density at radius 3 is 2.88 bits per heavy atom. The lowest BCUT2D eigenvalue weighted by Crippen LogP contribution is -2.12. The number of para-hydroxylation sites is 1. The molecule has 0 fully saturated rings. The standard InChI is InChI=1S/C11H9ClN2O2S/c12-11-14-5-7(17-11)6-16-9-4-2-1-3-8(9)10(13)15/h1-5H,6H2,(H2,13,15). The van der Waals surface area contributed by atoms with Gasteiger partial charge in [-0.1, -0.05) is 23.7 Å². The molecule has 17 heavy (non-hydrogen) atoms. The first-order chi connectivity index (χ1) is 8.16. The predicted molar refractivity (Wildman–Crippen MR) is 66.4 cm³/mol. The first-order valence-electron chi connectivity index (χ1n) is 4.78. The first kappa shape index (κ1) is 11.9. The molecule has 1 heterocycles. The summed E-state index contributed by atoms with van der Waals surface area (Å²) in [6, 6.07) is 6.83. The molecule has 6 heteroatoms. The van der Waals surface area contributed by atoms with Crippen molar-refractivity contribution in [2.75, 3.05) is 0 Å². The van der Waals surface area contributed by atoms with Gasteiger partial charge in [0.15, 0.2) is 4.47 Å². The van der Waals surface area contributed by atoms with Gasteiger partial charge in [-0.25, -0.2) is 4.98 Å². The van der Waals surface area contributed by atoms with Crippen LogP contribution >= 0.6 is 22.9 Å². The van der Waals surface area contributed by atoms with E-state index in [1.54, 1.807) is 30.5 Å². The van der Waals surface area contributed by atoms with E-state index in [1.807, 2.05) is 0 Å². The molecule has 0 saturated heterocycles. The summed E-state index contributed by atoms with van der Waals surface area (Å²) >= 11 is 7.04. The van der Waals surface area contributed by atoms with E-state index in [2.05, 4.69) is 4.98 Å². The fourth-order valence-electron chi connectivity index (χ4n) is 1.30. The van der Waals surface area contributed by atoms with Gasteiger partial charge in [0, 0.05) is 6.20 Å². The van der Waals surface area contributed by atoms with Crippen LogP contribution in [0.1, 0.15) is 15.2 Å². The average molecular weight is 269 g/mol. The van der Waals surface area contributed by atoms with Gasteiger partial charge in [0.25, 0.3) is 5.91 Å². The lowest BCUT2D eigenvalue weighted by Gasteiger charge is -2.07. The van der Waals surface area contributed by atoms with Crippen molar-refractivity contribution in [2.24, 2.45) is 5.73 Å². The summed E-state index contributed by atoms with van der Waals surface area (Å²) in [6.07, 6.45) is 1.64. The van der Waals surface area contributed by atoms with Gasteiger partial charge in [0.2, 0.25) is 0 Å². The number of primary amides is 1. The van der Waals surface area contributed by atoms with Crippen molar-refractivity contribution in [3.8, 4) is 5.75 Å². The second-order valence-corrected chi connectivity index (χ2v) is 4.93. The molecule has 1 aromatic heterocycles. The van der Waals surface area contributed by atoms with E-state index in [1.165, 1.54) is 11.3 Å². The highest BCUT2D eigenvalue weighted by atomic mass is 35.5. The summed E-state index contributed by atoms with van der Waals surface area (Å²) in [5, 5.41) is 0. The quantitative estimate of drug-likeness (QED) is 0.926. The number of nitrogens with zero attached hydrogens (tertiary/aromatic N) is 1. The van der Waals surface area contributed by atoms with E-state index in [0.29, 0.717) is 22.4 Å². The van der Waals surface area contributed by atoms with Crippen LogP contribution in [0.3, 0.4) is 0 Å². The largest absolute Gasteiger partial charge is 0.487 e. The minimum absolute atomic E-state index is 0.314. The number of carbonyl (C=O) groups excluding carboxylic acids is 1. The van der Waals surface area contributed by atoms with Crippen LogP contribution in [0.2, 0.25) is 4.47 Å². The molecule has 4 nitrogen and oxygen atoms in total. The summed E-state index contributed by atoms with van der Waals surface area (Å²) in [4.78, 5) is 15.9. The van der Waals surface area contributed by atoms with Crippen molar-refractivity contribution < 1.29 is 9.53 Å². The van der Waals surface area contributed by atoms with Gasteiger partial charge in [-0.15, -0.1) is 11.3 Å². The Balaban J connectivity index is 2.11. The number of thiazole rings is 1. The maximum Gasteiger partial charge on any atom is 0.252 e. The maximum absolute atomic E-state index is 11.1. The Labute approximate surface area is 107 Å². The lowest BCUT2D eigenvalue weighted by atomic mass is 10.2. The molecule has 88 valence electrons. The fourth-order valence-corrected chi connectivity index (χ4v) is 2.19. The van der Waals surface area contributed by atoms with Crippen LogP contribution in [-0.2, 0) is 6.61 Å². The molecule has 0 aliphatic carbocycles. The zero-order valence-electron chi connectivity index (χ0n) is 8.72. The van der Waals surface area contributed by atoms with Gasteiger partial charge < -0.3 is 10.5 Å². The number of halogens is 1. The van der Waals surface area contributed by atoms with Gasteiger partial charge in [0.05, 0.1) is 10.4 Å². The summed E-state index contributed by atoms with van der Waals surface area (Å²) in [5.74, 6) is -0.0486. The molecule has 0 aliphatic rings. The number of amides is 1. The van der Waals surface area contributed by atoms with E-state index >= 15 is 0 Å². The zero-order valence-corrected chi connectivity index (χ0v) is 10.3. The molecule has 0 spiro atoms. The van der Waals surface area contributed by atoms with Crippen molar-refractivity contribution >= 4 is 28.8 Å². The third-order valence-corrected chi connectivity index (χ3v) is 3.14. The Kier molecular flexibility index (Phi) is 3.61. The highest BCUT2D eigenvalue weighted by Crippen LogP contribution is 2.22. The van der Waals surface area contributed by atoms with Crippen LogP contribution in [0.4, 0.5) is 0 Å². The smallest absolute Gasteiger partial charge is 0.252 e. The van der Waals surface area contributed by atoms with Crippen molar-refractivity contribution in [3.63, 3.8) is 0 Å². The lowest BCUT2D eigenvalue weighted by molar-refractivity contribution is 0.0996. The van der Waals surface area contributed by atoms with Gasteiger partial charge in [-0.05, 0) is 12.1 Å². The molecule has 0 saturated carbocycles. The van der Waals surface area contributed by atoms with Gasteiger partial charge >= 0.3 is 0 Å². The van der Waals surface area contributed by atoms with Crippen LogP contribution in [-0.4, -0.2) is 10.9 Å². The van der Waals surface area contributed by atoms with Crippen molar-refractivity contribution in [1.82, 2.24) is 4.98 Å². The minimum atomic E-state index is -0.511. The number of benzene rings is 1. The number of carbonyl (C=O) groups is 1. The third kappa shape index (κ3) is 2.95. The molecule has 2 rings (SSSR count). The van der Waals surface area contributed by atoms with Gasteiger partial charge in [0.1, 0.15) is 12.4 Å². The van der Waals surface area contributed by atoms with Crippen molar-refractivity contribution in [1.29, 1.82) is 0 Å². The highest BCUT2D eigenvalue weighted by molar-refractivity contribution is 7.15. The number of hydrogen-bond donors (Lipinski definition) is 1. The van der Waals surface area contributed by atoms with E-state index in [0.717, 1.165) is 4.88 Å². The zero-order chi connectivity index (χ0) is 12.3. The number of hydrogen-bond acceptors (Lipinski definition) is 4. The van der Waals surface area contributed by atoms with Gasteiger partial charge in [-0.3, -0.25) is 4.79 Å². The van der Waals surface area contributed by atoms with Crippen LogP contribution in [0.15, 0.2) is 30.5 Å². The monoisotopic (exact) mass is 268 g/mol. The second-order valence-electron chi connectivity index (χ2n) is 3.23. The number of aromatic nitrogens is 1. The van der Waals surface area contributed by atoms with Crippen molar-refractivity contribution in [2.45, 2.75) is 6.61 Å². The van der Waals surface area contributed by atoms with Crippen LogP contribution in [0, 0.1) is 0 Å². The Morgan fingerprint density at radius 2 is 2.24 bits per heavy atom. The van der Waals surface area contributed by atoms with Crippen molar-refractivity contribution in [3.05, 3.63) is 45.4 Å². The molecule has 0 aliphatic heterocycles. The number of nitrogens with two attached hydrogens (primary N) is 1. The first-order valence-corrected chi connectivity index (χ1v) is 5.98. The normalized spacial score (nSPS) is 10.2. The third-order valence-electron chi connectivity index (χ3n) is 2.05. The molecule has 0 bridgehead atoms. The highest BCUT2D eigenvalue weighted by Gasteiger charge is 2.09. The summed E-state index contributed by atoms with van der Waals surface area (Å²) in [7, 11) is 0. The molecular formula is C11H9ClN2O2S. The number of rotatable bonds is 4. The number of ether oxygens (including phenoxy) is 1. The van der Waals surface area contributed by atoms with E-state index in [9.17, 15) is 4.79 Å². The summed E-state index contributed by atoms with van der Waals surface area (Å²) in [5.41, 5.74) is 5.60. The van der Waals surface area contributed by atoms with E-state index in [-0.39, 0.29) is 0 Å². The second kappa shape index (κ2) is 5.16. The molecule has 0 radical (unpaired) electrons. The Morgan fingerprint density at radius 1 is 1.47 bits per heavy atom. The van der Waals surface area contributed by atoms with E-state index < -0.39 is 5.91 Å². The summed E-state index contributed by atoms with van der Waals surface area (Å²) < 4.78 is 5.97. The fraction of sp³-hybridized carbons (Fsp3) is 0.0909. The van der Waals surface area contributed by atoms with E-state index in [4.69, 9.17) is 22.1 Å². The topological polar surface area (TPSA) is 65.2 Å². The van der Waals surface area contributed by atoms with Gasteiger partial charge in [-0.2, -0.15) is 0 Å². The molecule has 0 atom stereocenters. The van der Waals surface area contributed by atoms with Crippen LogP contribution in [0.5, 0.6) is 5.75 Å². The molecule has 1 aromatic carbocycles. The molecule has 1 amide bonds. The Bertz CT molecular complexity index is 542. The molecule has 0 unspecified atom stereocenters. The predicted octanol–water partition coefficient (Wildman–Crippen LogP) is 2.47. The minimum Gasteiger partial charge on any atom is -0.487 e. The molecule has 2 N–H and O–H groups in total. The van der Waals surface area contributed by atoms with Crippen LogP contribution < -0.4 is 10.5 Å². The molecule has 2 aromatic rings. The average Bonchev–Trinajstić information content (AvgIpc) is 2.73. The molecular weight excluding hydrogens is 260 g/mol.